The van der Waals surface area contributed by atoms with E-state index in [1.54, 1.807) is 37.1 Å². The van der Waals surface area contributed by atoms with E-state index in [0.29, 0.717) is 17.3 Å². The molecule has 0 saturated heterocycles. The van der Waals surface area contributed by atoms with Gasteiger partial charge in [0.05, 0.1) is 6.20 Å². The van der Waals surface area contributed by atoms with Gasteiger partial charge in [0.15, 0.2) is 0 Å². The monoisotopic (exact) mass is 300 g/mol. The molecule has 0 fully saturated rings. The Morgan fingerprint density at radius 2 is 2.23 bits per heavy atom. The van der Waals surface area contributed by atoms with Gasteiger partial charge >= 0.3 is 11.9 Å². The van der Waals surface area contributed by atoms with Crippen LogP contribution in [0.15, 0.2) is 29.1 Å². The molecule has 22 heavy (non-hydrogen) atoms. The zero-order valence-electron chi connectivity index (χ0n) is 11.8. The Balaban J connectivity index is 1.95. The van der Waals surface area contributed by atoms with Gasteiger partial charge in [0.2, 0.25) is 5.95 Å². The van der Waals surface area contributed by atoms with Crippen molar-refractivity contribution in [1.29, 1.82) is 0 Å². The predicted molar refractivity (Wildman–Crippen MR) is 75.7 cm³/mol. The van der Waals surface area contributed by atoms with E-state index in [-0.39, 0.29) is 5.89 Å². The smallest absolute Gasteiger partial charge is 0.392 e. The Morgan fingerprint density at radius 1 is 1.41 bits per heavy atom. The van der Waals surface area contributed by atoms with E-state index in [0.717, 1.165) is 11.4 Å². The van der Waals surface area contributed by atoms with Crippen LogP contribution in [0, 0.1) is 6.92 Å². The molecular weight excluding hydrogens is 288 g/mol. The number of nitrogens with zero attached hydrogens (tertiary/aromatic N) is 5. The Labute approximate surface area is 124 Å². The molecule has 0 aliphatic carbocycles. The standard InChI is InChI=1S/C13H12N6O3/c1-7-5-14-13(17-9-3-4-15-19(9)2)18-10(7)8-6-22-11(16-8)12(20)21/h3-6H,1-2H3,(H,20,21)(H,14,17,18). The molecular formula is C13H12N6O3. The van der Waals surface area contributed by atoms with Crippen molar-refractivity contribution in [2.45, 2.75) is 6.92 Å². The van der Waals surface area contributed by atoms with E-state index in [1.807, 2.05) is 0 Å². The molecule has 0 atom stereocenters. The minimum atomic E-state index is -1.23. The lowest BCUT2D eigenvalue weighted by Crippen LogP contribution is -2.04. The fourth-order valence-electron chi connectivity index (χ4n) is 1.85. The summed E-state index contributed by atoms with van der Waals surface area (Å²) in [5.41, 5.74) is 1.59. The van der Waals surface area contributed by atoms with Crippen LogP contribution in [0.4, 0.5) is 11.8 Å². The lowest BCUT2D eigenvalue weighted by atomic mass is 10.2. The average Bonchev–Trinajstić information content (AvgIpc) is 3.11. The molecule has 0 unspecified atom stereocenters. The van der Waals surface area contributed by atoms with Gasteiger partial charge in [-0.1, -0.05) is 0 Å². The molecule has 3 heterocycles. The highest BCUT2D eigenvalue weighted by Gasteiger charge is 2.16. The van der Waals surface area contributed by atoms with E-state index < -0.39 is 5.97 Å². The van der Waals surface area contributed by atoms with Gasteiger partial charge in [-0.15, -0.1) is 0 Å². The van der Waals surface area contributed by atoms with Crippen molar-refractivity contribution in [1.82, 2.24) is 24.7 Å². The second kappa shape index (κ2) is 5.28. The summed E-state index contributed by atoms with van der Waals surface area (Å²) in [5.74, 6) is -0.536. The van der Waals surface area contributed by atoms with E-state index in [4.69, 9.17) is 9.52 Å². The quantitative estimate of drug-likeness (QED) is 0.746. The molecule has 0 amide bonds. The molecule has 112 valence electrons. The van der Waals surface area contributed by atoms with Crippen LogP contribution in [0.25, 0.3) is 11.4 Å². The van der Waals surface area contributed by atoms with Gasteiger partial charge in [0.1, 0.15) is 23.5 Å². The van der Waals surface area contributed by atoms with E-state index in [9.17, 15) is 4.79 Å². The SMILES string of the molecule is Cc1cnc(Nc2ccnn2C)nc1-c1coc(C(=O)O)n1. The van der Waals surface area contributed by atoms with Crippen LogP contribution in [-0.2, 0) is 7.05 Å². The molecule has 3 aromatic heterocycles. The summed E-state index contributed by atoms with van der Waals surface area (Å²) in [6.07, 6.45) is 4.52. The molecule has 3 aromatic rings. The number of aryl methyl sites for hydroxylation is 2. The van der Waals surface area contributed by atoms with Crippen molar-refractivity contribution in [3.05, 3.63) is 36.2 Å². The van der Waals surface area contributed by atoms with Gasteiger partial charge in [-0.3, -0.25) is 4.68 Å². The number of hydrogen-bond acceptors (Lipinski definition) is 7. The first-order valence-corrected chi connectivity index (χ1v) is 6.32. The van der Waals surface area contributed by atoms with Crippen molar-refractivity contribution < 1.29 is 14.3 Å². The number of nitrogens with one attached hydrogen (secondary N) is 1. The Kier molecular flexibility index (Phi) is 3.30. The second-order valence-corrected chi connectivity index (χ2v) is 4.53. The van der Waals surface area contributed by atoms with Gasteiger partial charge < -0.3 is 14.8 Å². The highest BCUT2D eigenvalue weighted by molar-refractivity contribution is 5.83. The maximum absolute atomic E-state index is 10.8. The number of carboxylic acid groups (broad SMARTS) is 1. The summed E-state index contributed by atoms with van der Waals surface area (Å²) in [6, 6.07) is 1.78. The summed E-state index contributed by atoms with van der Waals surface area (Å²) in [5, 5.41) is 15.9. The largest absolute Gasteiger partial charge is 0.474 e. The normalized spacial score (nSPS) is 10.6. The number of carbonyl (C=O) groups is 1. The molecule has 0 saturated carbocycles. The van der Waals surface area contributed by atoms with Crippen LogP contribution in [0.2, 0.25) is 0 Å². The fraction of sp³-hybridized carbons (Fsp3) is 0.154. The van der Waals surface area contributed by atoms with Crippen LogP contribution in [0.3, 0.4) is 0 Å². The predicted octanol–water partition coefficient (Wildman–Crippen LogP) is 1.62. The lowest BCUT2D eigenvalue weighted by Gasteiger charge is -2.07. The van der Waals surface area contributed by atoms with Gasteiger partial charge in [-0.25, -0.2) is 19.7 Å². The number of hydrogen-bond donors (Lipinski definition) is 2. The van der Waals surface area contributed by atoms with Crippen molar-refractivity contribution in [3.63, 3.8) is 0 Å². The molecule has 9 heteroatoms. The fourth-order valence-corrected chi connectivity index (χ4v) is 1.85. The minimum absolute atomic E-state index is 0.338. The van der Waals surface area contributed by atoms with Gasteiger partial charge in [0, 0.05) is 19.3 Å². The van der Waals surface area contributed by atoms with Crippen molar-refractivity contribution in [2.24, 2.45) is 7.05 Å². The number of anilines is 2. The first-order chi connectivity index (χ1) is 10.5. The van der Waals surface area contributed by atoms with Gasteiger partial charge in [-0.05, 0) is 12.5 Å². The highest BCUT2D eigenvalue weighted by Crippen LogP contribution is 2.22. The van der Waals surface area contributed by atoms with E-state index in [1.165, 1.54) is 6.26 Å². The number of carboxylic acids is 1. The summed E-state index contributed by atoms with van der Waals surface area (Å²) in [7, 11) is 1.79. The third-order valence-electron chi connectivity index (χ3n) is 2.96. The van der Waals surface area contributed by atoms with Crippen molar-refractivity contribution in [3.8, 4) is 11.4 Å². The van der Waals surface area contributed by atoms with E-state index >= 15 is 0 Å². The van der Waals surface area contributed by atoms with Crippen LogP contribution in [-0.4, -0.2) is 35.8 Å². The lowest BCUT2D eigenvalue weighted by molar-refractivity contribution is 0.0653. The second-order valence-electron chi connectivity index (χ2n) is 4.53. The Hall–Kier alpha value is -3.23. The molecule has 0 radical (unpaired) electrons. The molecule has 0 spiro atoms. The first kappa shape index (κ1) is 13.7. The Bertz CT molecular complexity index is 838. The summed E-state index contributed by atoms with van der Waals surface area (Å²) < 4.78 is 6.54. The van der Waals surface area contributed by atoms with Crippen LogP contribution in [0.5, 0.6) is 0 Å². The third-order valence-corrected chi connectivity index (χ3v) is 2.96. The summed E-state index contributed by atoms with van der Waals surface area (Å²) in [6.45, 7) is 1.80. The third kappa shape index (κ3) is 2.51. The number of aromatic nitrogens is 5. The molecule has 0 aliphatic heterocycles. The summed E-state index contributed by atoms with van der Waals surface area (Å²) in [4.78, 5) is 23.3. The van der Waals surface area contributed by atoms with E-state index in [2.05, 4.69) is 25.4 Å². The molecule has 0 aliphatic rings. The van der Waals surface area contributed by atoms with Gasteiger partial charge in [-0.2, -0.15) is 5.10 Å². The number of oxazole rings is 1. The first-order valence-electron chi connectivity index (χ1n) is 6.32. The maximum atomic E-state index is 10.8. The highest BCUT2D eigenvalue weighted by atomic mass is 16.4. The molecule has 0 aromatic carbocycles. The maximum Gasteiger partial charge on any atom is 0.392 e. The van der Waals surface area contributed by atoms with Crippen LogP contribution in [0.1, 0.15) is 16.2 Å². The average molecular weight is 300 g/mol. The zero-order valence-corrected chi connectivity index (χ0v) is 11.8. The Morgan fingerprint density at radius 3 is 2.86 bits per heavy atom. The zero-order chi connectivity index (χ0) is 15.7. The van der Waals surface area contributed by atoms with Crippen molar-refractivity contribution >= 4 is 17.7 Å². The number of aromatic carboxylic acids is 1. The molecule has 2 N–H and O–H groups in total. The molecule has 0 bridgehead atoms. The van der Waals surface area contributed by atoms with Crippen molar-refractivity contribution in [2.75, 3.05) is 5.32 Å². The summed E-state index contributed by atoms with van der Waals surface area (Å²) >= 11 is 0. The minimum Gasteiger partial charge on any atom is -0.474 e. The van der Waals surface area contributed by atoms with Crippen LogP contribution >= 0.6 is 0 Å². The number of rotatable bonds is 4. The molecule has 3 rings (SSSR count). The molecule has 9 nitrogen and oxygen atoms in total. The van der Waals surface area contributed by atoms with Crippen LogP contribution < -0.4 is 5.32 Å². The topological polar surface area (TPSA) is 119 Å². The van der Waals surface area contributed by atoms with Gasteiger partial charge in [0.25, 0.3) is 0 Å².